The third-order valence-electron chi connectivity index (χ3n) is 2.75. The average molecular weight is 256 g/mol. The molecule has 1 atom stereocenters. The normalized spacial score (nSPS) is 12.8. The number of rotatable bonds is 6. The Bertz CT molecular complexity index is 352. The lowest BCUT2D eigenvalue weighted by atomic mass is 10.1. The Labute approximate surface area is 109 Å². The summed E-state index contributed by atoms with van der Waals surface area (Å²) in [5.41, 5.74) is 1.08. The molecule has 1 rings (SSSR count). The molecule has 0 amide bonds. The van der Waals surface area contributed by atoms with E-state index in [2.05, 4.69) is 26.1 Å². The number of likely N-dealkylation sites (N-methyl/N-ethyl adjacent to an activating group) is 1. The Morgan fingerprint density at radius 1 is 1.35 bits per heavy atom. The molecule has 0 aliphatic rings. The molecular weight excluding hydrogens is 234 g/mol. The van der Waals surface area contributed by atoms with Crippen molar-refractivity contribution in [1.29, 1.82) is 0 Å². The van der Waals surface area contributed by atoms with Crippen molar-refractivity contribution in [2.75, 3.05) is 13.1 Å². The minimum atomic E-state index is 0.190. The zero-order chi connectivity index (χ0) is 12.8. The number of nitrogens with one attached hydrogen (secondary N) is 1. The molecule has 3 heteroatoms. The first-order valence-corrected chi connectivity index (χ1v) is 6.56. The average Bonchev–Trinajstić information content (AvgIpc) is 2.26. The lowest BCUT2D eigenvalue weighted by Crippen LogP contribution is -2.35. The van der Waals surface area contributed by atoms with Gasteiger partial charge >= 0.3 is 0 Å². The summed E-state index contributed by atoms with van der Waals surface area (Å²) in [6.07, 6.45) is 0.190. The fourth-order valence-electron chi connectivity index (χ4n) is 1.61. The molecule has 1 aromatic carbocycles. The maximum absolute atomic E-state index is 6.04. The number of aryl methyl sites for hydroxylation is 1. The van der Waals surface area contributed by atoms with Crippen molar-refractivity contribution in [2.24, 2.45) is 5.92 Å². The predicted molar refractivity (Wildman–Crippen MR) is 74.0 cm³/mol. The van der Waals surface area contributed by atoms with E-state index in [1.54, 1.807) is 0 Å². The van der Waals surface area contributed by atoms with Gasteiger partial charge in [0.15, 0.2) is 0 Å². The van der Waals surface area contributed by atoms with Crippen LogP contribution in [0.2, 0.25) is 5.02 Å². The van der Waals surface area contributed by atoms with Gasteiger partial charge in [0.05, 0.1) is 0 Å². The van der Waals surface area contributed by atoms with E-state index in [-0.39, 0.29) is 6.10 Å². The van der Waals surface area contributed by atoms with Crippen molar-refractivity contribution in [2.45, 2.75) is 33.8 Å². The molecular formula is C14H22ClNO. The highest BCUT2D eigenvalue weighted by atomic mass is 35.5. The van der Waals surface area contributed by atoms with E-state index >= 15 is 0 Å². The maximum Gasteiger partial charge on any atom is 0.122 e. The van der Waals surface area contributed by atoms with Crippen molar-refractivity contribution >= 4 is 11.6 Å². The number of halogens is 1. The maximum atomic E-state index is 6.04. The van der Waals surface area contributed by atoms with Gasteiger partial charge in [-0.05, 0) is 43.1 Å². The minimum absolute atomic E-state index is 0.190. The van der Waals surface area contributed by atoms with E-state index in [0.717, 1.165) is 29.4 Å². The smallest absolute Gasteiger partial charge is 0.122 e. The van der Waals surface area contributed by atoms with E-state index < -0.39 is 0 Å². The fourth-order valence-corrected chi connectivity index (χ4v) is 1.83. The van der Waals surface area contributed by atoms with E-state index in [1.807, 2.05) is 25.1 Å². The molecule has 0 fully saturated rings. The summed E-state index contributed by atoms with van der Waals surface area (Å²) in [6.45, 7) is 10.3. The van der Waals surface area contributed by atoms with E-state index in [1.165, 1.54) is 0 Å². The lowest BCUT2D eigenvalue weighted by Gasteiger charge is -2.24. The summed E-state index contributed by atoms with van der Waals surface area (Å²) in [5, 5.41) is 4.08. The van der Waals surface area contributed by atoms with Crippen LogP contribution in [0.4, 0.5) is 0 Å². The van der Waals surface area contributed by atoms with E-state index in [0.29, 0.717) is 5.92 Å². The van der Waals surface area contributed by atoms with Crippen LogP contribution in [0.25, 0.3) is 0 Å². The quantitative estimate of drug-likeness (QED) is 0.838. The monoisotopic (exact) mass is 255 g/mol. The van der Waals surface area contributed by atoms with Crippen molar-refractivity contribution in [3.05, 3.63) is 28.8 Å². The van der Waals surface area contributed by atoms with Crippen LogP contribution >= 0.6 is 11.6 Å². The highest BCUT2D eigenvalue weighted by Crippen LogP contribution is 2.24. The molecule has 2 nitrogen and oxygen atoms in total. The number of ether oxygens (including phenoxy) is 1. The summed E-state index contributed by atoms with van der Waals surface area (Å²) in [4.78, 5) is 0. The standard InChI is InChI=1S/C14H22ClNO/c1-5-16-9-14(10(2)3)17-13-7-6-12(15)8-11(13)4/h6-8,10,14,16H,5,9H2,1-4H3. The molecule has 1 unspecified atom stereocenters. The van der Waals surface area contributed by atoms with Gasteiger partial charge in [-0.15, -0.1) is 0 Å². The zero-order valence-electron chi connectivity index (χ0n) is 11.1. The third-order valence-corrected chi connectivity index (χ3v) is 2.99. The summed E-state index contributed by atoms with van der Waals surface area (Å²) in [6, 6.07) is 5.75. The highest BCUT2D eigenvalue weighted by molar-refractivity contribution is 6.30. The molecule has 1 aromatic rings. The molecule has 0 radical (unpaired) electrons. The molecule has 0 bridgehead atoms. The van der Waals surface area contributed by atoms with Gasteiger partial charge in [0.2, 0.25) is 0 Å². The van der Waals surface area contributed by atoms with Crippen LogP contribution < -0.4 is 10.1 Å². The molecule has 0 saturated heterocycles. The van der Waals surface area contributed by atoms with E-state index in [9.17, 15) is 0 Å². The molecule has 0 aromatic heterocycles. The number of benzene rings is 1. The zero-order valence-corrected chi connectivity index (χ0v) is 11.8. The lowest BCUT2D eigenvalue weighted by molar-refractivity contribution is 0.148. The van der Waals surface area contributed by atoms with E-state index in [4.69, 9.17) is 16.3 Å². The van der Waals surface area contributed by atoms with Crippen molar-refractivity contribution in [1.82, 2.24) is 5.32 Å². The summed E-state index contributed by atoms with van der Waals surface area (Å²) in [5.74, 6) is 1.40. The van der Waals surface area contributed by atoms with Gasteiger partial charge in [-0.25, -0.2) is 0 Å². The van der Waals surface area contributed by atoms with Crippen LogP contribution in [0, 0.1) is 12.8 Å². The molecule has 0 heterocycles. The molecule has 0 spiro atoms. The Balaban J connectivity index is 2.71. The van der Waals surface area contributed by atoms with Gasteiger partial charge in [0.1, 0.15) is 11.9 Å². The van der Waals surface area contributed by atoms with Crippen molar-refractivity contribution in [3.8, 4) is 5.75 Å². The summed E-state index contributed by atoms with van der Waals surface area (Å²) < 4.78 is 6.04. The Kier molecular flexibility index (Phi) is 5.79. The SMILES string of the molecule is CCNCC(Oc1ccc(Cl)cc1C)C(C)C. The molecule has 1 N–H and O–H groups in total. The minimum Gasteiger partial charge on any atom is -0.489 e. The topological polar surface area (TPSA) is 21.3 Å². The van der Waals surface area contributed by atoms with Gasteiger partial charge in [0.25, 0.3) is 0 Å². The highest BCUT2D eigenvalue weighted by Gasteiger charge is 2.15. The Morgan fingerprint density at radius 3 is 2.59 bits per heavy atom. The van der Waals surface area contributed by atoms with Crippen molar-refractivity contribution in [3.63, 3.8) is 0 Å². The van der Waals surface area contributed by atoms with Crippen LogP contribution in [0.15, 0.2) is 18.2 Å². The van der Waals surface area contributed by atoms with Crippen LogP contribution in [0.1, 0.15) is 26.3 Å². The molecule has 0 aliphatic carbocycles. The largest absolute Gasteiger partial charge is 0.489 e. The molecule has 96 valence electrons. The van der Waals surface area contributed by atoms with Gasteiger partial charge in [-0.3, -0.25) is 0 Å². The van der Waals surface area contributed by atoms with Crippen LogP contribution in [0.5, 0.6) is 5.75 Å². The van der Waals surface area contributed by atoms with Crippen LogP contribution in [-0.2, 0) is 0 Å². The first-order valence-electron chi connectivity index (χ1n) is 6.18. The molecule has 17 heavy (non-hydrogen) atoms. The molecule has 0 aliphatic heterocycles. The van der Waals surface area contributed by atoms with Gasteiger partial charge < -0.3 is 10.1 Å². The Morgan fingerprint density at radius 2 is 2.06 bits per heavy atom. The summed E-state index contributed by atoms with van der Waals surface area (Å²) >= 11 is 5.93. The second-order valence-electron chi connectivity index (χ2n) is 4.62. The summed E-state index contributed by atoms with van der Waals surface area (Å²) in [7, 11) is 0. The Hall–Kier alpha value is -0.730. The van der Waals surface area contributed by atoms with Gasteiger partial charge in [-0.1, -0.05) is 32.4 Å². The van der Waals surface area contributed by atoms with Gasteiger partial charge in [0, 0.05) is 11.6 Å². The van der Waals surface area contributed by atoms with Crippen molar-refractivity contribution < 1.29 is 4.74 Å². The first-order chi connectivity index (χ1) is 8.04. The second-order valence-corrected chi connectivity index (χ2v) is 5.05. The predicted octanol–water partition coefficient (Wildman–Crippen LogP) is 3.66. The molecule has 0 saturated carbocycles. The fraction of sp³-hybridized carbons (Fsp3) is 0.571. The first kappa shape index (κ1) is 14.3. The van der Waals surface area contributed by atoms with Gasteiger partial charge in [-0.2, -0.15) is 0 Å². The number of hydrogen-bond acceptors (Lipinski definition) is 2. The number of hydrogen-bond donors (Lipinski definition) is 1. The van der Waals surface area contributed by atoms with Crippen LogP contribution in [0.3, 0.4) is 0 Å². The second kappa shape index (κ2) is 6.87. The third kappa shape index (κ3) is 4.57. The van der Waals surface area contributed by atoms with Crippen LogP contribution in [-0.4, -0.2) is 19.2 Å².